The van der Waals surface area contributed by atoms with Crippen LogP contribution in [0, 0.1) is 0 Å². The van der Waals surface area contributed by atoms with Gasteiger partial charge in [-0.25, -0.2) is 4.79 Å². The number of aromatic carboxylic acids is 1. The molecule has 1 aromatic heterocycles. The molecule has 0 aliphatic rings. The van der Waals surface area contributed by atoms with E-state index in [4.69, 9.17) is 5.11 Å². The van der Waals surface area contributed by atoms with Crippen LogP contribution in [-0.4, -0.2) is 16.1 Å². The van der Waals surface area contributed by atoms with Gasteiger partial charge in [0.25, 0.3) is 0 Å². The third-order valence-electron chi connectivity index (χ3n) is 1.45. The van der Waals surface area contributed by atoms with E-state index in [1.165, 1.54) is 6.20 Å². The maximum atomic E-state index is 10.4. The van der Waals surface area contributed by atoms with E-state index in [1.807, 2.05) is 6.92 Å². The molecular formula is C8H9NO2. The maximum Gasteiger partial charge on any atom is 0.337 e. The van der Waals surface area contributed by atoms with E-state index in [2.05, 4.69) is 4.98 Å². The van der Waals surface area contributed by atoms with Crippen LogP contribution in [-0.2, 0) is 6.42 Å². The van der Waals surface area contributed by atoms with Gasteiger partial charge < -0.3 is 5.11 Å². The summed E-state index contributed by atoms with van der Waals surface area (Å²) in [5, 5.41) is 8.56. The third-order valence-corrected chi connectivity index (χ3v) is 1.45. The summed E-state index contributed by atoms with van der Waals surface area (Å²) in [5.41, 5.74) is 1.20. The fraction of sp³-hybridized carbons (Fsp3) is 0.250. The summed E-state index contributed by atoms with van der Waals surface area (Å²) in [6.07, 6.45) is 3.84. The Kier molecular flexibility index (Phi) is 2.21. The predicted molar refractivity (Wildman–Crippen MR) is 40.6 cm³/mol. The molecule has 0 unspecified atom stereocenters. The summed E-state index contributed by atoms with van der Waals surface area (Å²) < 4.78 is 0. The van der Waals surface area contributed by atoms with E-state index in [0.717, 1.165) is 12.0 Å². The number of rotatable bonds is 2. The van der Waals surface area contributed by atoms with Crippen LogP contribution in [0.3, 0.4) is 0 Å². The summed E-state index contributed by atoms with van der Waals surface area (Å²) in [5.74, 6) is -0.923. The molecular weight excluding hydrogens is 142 g/mol. The second-order valence-electron chi connectivity index (χ2n) is 2.24. The Labute approximate surface area is 64.7 Å². The molecule has 0 aromatic carbocycles. The number of nitrogens with zero attached hydrogens (tertiary/aromatic N) is 1. The van der Waals surface area contributed by atoms with Gasteiger partial charge in [-0.05, 0) is 18.1 Å². The molecule has 0 aliphatic carbocycles. The van der Waals surface area contributed by atoms with E-state index in [9.17, 15) is 4.79 Å². The number of aryl methyl sites for hydroxylation is 1. The first-order chi connectivity index (χ1) is 5.24. The van der Waals surface area contributed by atoms with Crippen molar-refractivity contribution in [2.24, 2.45) is 0 Å². The topological polar surface area (TPSA) is 50.2 Å². The van der Waals surface area contributed by atoms with Gasteiger partial charge in [-0.15, -0.1) is 0 Å². The molecule has 0 bridgehead atoms. The highest BCUT2D eigenvalue weighted by molar-refractivity contribution is 5.87. The molecule has 1 aromatic rings. The van der Waals surface area contributed by atoms with Crippen LogP contribution < -0.4 is 0 Å². The second-order valence-corrected chi connectivity index (χ2v) is 2.24. The molecule has 1 heterocycles. The zero-order valence-electron chi connectivity index (χ0n) is 6.24. The van der Waals surface area contributed by atoms with Crippen LogP contribution in [0.15, 0.2) is 18.5 Å². The van der Waals surface area contributed by atoms with E-state index in [1.54, 1.807) is 12.3 Å². The van der Waals surface area contributed by atoms with Crippen molar-refractivity contribution in [3.8, 4) is 0 Å². The van der Waals surface area contributed by atoms with Crippen molar-refractivity contribution in [3.05, 3.63) is 29.6 Å². The maximum absolute atomic E-state index is 10.4. The molecule has 11 heavy (non-hydrogen) atoms. The van der Waals surface area contributed by atoms with Gasteiger partial charge in [0, 0.05) is 12.4 Å². The third kappa shape index (κ3) is 1.77. The quantitative estimate of drug-likeness (QED) is 0.693. The fourth-order valence-corrected chi connectivity index (χ4v) is 0.798. The predicted octanol–water partition coefficient (Wildman–Crippen LogP) is 1.34. The average molecular weight is 151 g/mol. The molecule has 0 fully saturated rings. The minimum atomic E-state index is -0.923. The van der Waals surface area contributed by atoms with E-state index in [-0.39, 0.29) is 5.56 Å². The number of pyridine rings is 1. The van der Waals surface area contributed by atoms with Crippen LogP contribution in [0.5, 0.6) is 0 Å². The van der Waals surface area contributed by atoms with Gasteiger partial charge in [-0.3, -0.25) is 4.98 Å². The molecule has 0 aliphatic heterocycles. The molecule has 1 N–H and O–H groups in total. The van der Waals surface area contributed by atoms with Crippen LogP contribution >= 0.6 is 0 Å². The lowest BCUT2D eigenvalue weighted by Crippen LogP contribution is -1.97. The minimum absolute atomic E-state index is 0.254. The van der Waals surface area contributed by atoms with Gasteiger partial charge in [-0.1, -0.05) is 6.92 Å². The van der Waals surface area contributed by atoms with Crippen molar-refractivity contribution >= 4 is 5.97 Å². The van der Waals surface area contributed by atoms with Crippen molar-refractivity contribution in [1.29, 1.82) is 0 Å². The molecule has 1 rings (SSSR count). The Hall–Kier alpha value is -1.38. The zero-order valence-corrected chi connectivity index (χ0v) is 6.24. The van der Waals surface area contributed by atoms with Crippen molar-refractivity contribution in [2.75, 3.05) is 0 Å². The van der Waals surface area contributed by atoms with Crippen molar-refractivity contribution in [3.63, 3.8) is 0 Å². The van der Waals surface area contributed by atoms with Crippen LogP contribution in [0.25, 0.3) is 0 Å². The molecule has 58 valence electrons. The summed E-state index contributed by atoms with van der Waals surface area (Å²) in [6, 6.07) is 1.63. The first kappa shape index (κ1) is 7.72. The highest BCUT2D eigenvalue weighted by Gasteiger charge is 2.01. The zero-order chi connectivity index (χ0) is 8.27. The number of hydrogen-bond donors (Lipinski definition) is 1. The Balaban J connectivity index is 3.01. The number of carboxylic acid groups (broad SMARTS) is 1. The number of carboxylic acids is 1. The van der Waals surface area contributed by atoms with Gasteiger partial charge in [0.05, 0.1) is 5.56 Å². The monoisotopic (exact) mass is 151 g/mol. The standard InChI is InChI=1S/C8H9NO2/c1-2-6-3-7(8(10)11)5-9-4-6/h3-5H,2H2,1H3,(H,10,11). The number of aromatic nitrogens is 1. The van der Waals surface area contributed by atoms with Gasteiger partial charge in [0.2, 0.25) is 0 Å². The minimum Gasteiger partial charge on any atom is -0.478 e. The highest BCUT2D eigenvalue weighted by Crippen LogP contribution is 2.02. The smallest absolute Gasteiger partial charge is 0.337 e. The van der Waals surface area contributed by atoms with Crippen molar-refractivity contribution in [2.45, 2.75) is 13.3 Å². The Bertz CT molecular complexity index is 271. The summed E-state index contributed by atoms with van der Waals surface area (Å²) in [6.45, 7) is 1.96. The molecule has 0 atom stereocenters. The summed E-state index contributed by atoms with van der Waals surface area (Å²) >= 11 is 0. The van der Waals surface area contributed by atoms with Crippen molar-refractivity contribution in [1.82, 2.24) is 4.98 Å². The first-order valence-electron chi connectivity index (χ1n) is 3.41. The van der Waals surface area contributed by atoms with Gasteiger partial charge in [0.1, 0.15) is 0 Å². The Morgan fingerprint density at radius 1 is 1.64 bits per heavy atom. The Morgan fingerprint density at radius 2 is 2.36 bits per heavy atom. The molecule has 0 saturated carbocycles. The van der Waals surface area contributed by atoms with Crippen LogP contribution in [0.4, 0.5) is 0 Å². The largest absolute Gasteiger partial charge is 0.478 e. The number of hydrogen-bond acceptors (Lipinski definition) is 2. The SMILES string of the molecule is CCc1cncc(C(=O)O)c1. The molecule has 0 amide bonds. The molecule has 0 saturated heterocycles. The summed E-state index contributed by atoms with van der Waals surface area (Å²) in [4.78, 5) is 14.2. The molecule has 0 spiro atoms. The van der Waals surface area contributed by atoms with E-state index >= 15 is 0 Å². The number of carbonyl (C=O) groups is 1. The molecule has 0 radical (unpaired) electrons. The molecule has 3 nitrogen and oxygen atoms in total. The average Bonchev–Trinajstić information content (AvgIpc) is 2.05. The normalized spacial score (nSPS) is 9.55. The van der Waals surface area contributed by atoms with Crippen molar-refractivity contribution < 1.29 is 9.90 Å². The summed E-state index contributed by atoms with van der Waals surface area (Å²) in [7, 11) is 0. The molecule has 3 heteroatoms. The van der Waals surface area contributed by atoms with Crippen LogP contribution in [0.2, 0.25) is 0 Å². The lowest BCUT2D eigenvalue weighted by Gasteiger charge is -1.96. The lowest BCUT2D eigenvalue weighted by molar-refractivity contribution is 0.0696. The second kappa shape index (κ2) is 3.14. The van der Waals surface area contributed by atoms with Gasteiger partial charge in [-0.2, -0.15) is 0 Å². The van der Waals surface area contributed by atoms with Crippen LogP contribution in [0.1, 0.15) is 22.8 Å². The Morgan fingerprint density at radius 3 is 2.91 bits per heavy atom. The highest BCUT2D eigenvalue weighted by atomic mass is 16.4. The lowest BCUT2D eigenvalue weighted by atomic mass is 10.2. The van der Waals surface area contributed by atoms with E-state index in [0.29, 0.717) is 0 Å². The van der Waals surface area contributed by atoms with Gasteiger partial charge in [0.15, 0.2) is 0 Å². The fourth-order valence-electron chi connectivity index (χ4n) is 0.798. The first-order valence-corrected chi connectivity index (χ1v) is 3.41. The van der Waals surface area contributed by atoms with Gasteiger partial charge >= 0.3 is 5.97 Å². The van der Waals surface area contributed by atoms with E-state index < -0.39 is 5.97 Å².